The van der Waals surface area contributed by atoms with Crippen molar-refractivity contribution in [1.82, 2.24) is 15.5 Å². The third-order valence-electron chi connectivity index (χ3n) is 9.27. The molecule has 4 rings (SSSR count). The van der Waals surface area contributed by atoms with E-state index in [-0.39, 0.29) is 42.8 Å². The molecule has 274 valence electrons. The summed E-state index contributed by atoms with van der Waals surface area (Å²) in [6.07, 6.45) is -2.04. The van der Waals surface area contributed by atoms with Gasteiger partial charge in [0.2, 0.25) is 23.5 Å². The van der Waals surface area contributed by atoms with Gasteiger partial charge in [0.25, 0.3) is 0 Å². The van der Waals surface area contributed by atoms with Crippen molar-refractivity contribution in [3.05, 3.63) is 71.8 Å². The van der Waals surface area contributed by atoms with E-state index < -0.39 is 71.6 Å². The van der Waals surface area contributed by atoms with Crippen LogP contribution in [0, 0.1) is 11.8 Å². The van der Waals surface area contributed by atoms with Gasteiger partial charge in [-0.2, -0.15) is 0 Å². The number of rotatable bonds is 4. The molecule has 2 heterocycles. The first-order chi connectivity index (χ1) is 24.0. The van der Waals surface area contributed by atoms with Crippen molar-refractivity contribution < 1.29 is 48.1 Å². The number of Topliss-reactive ketones (excluding diaryl/α,β-unsaturated/α-hetero) is 1. The maximum atomic E-state index is 14.4. The zero-order valence-electron chi connectivity index (χ0n) is 29.7. The number of para-hydroxylation sites is 1. The first-order valence-corrected chi connectivity index (χ1v) is 16.8. The number of carbonyl (C=O) groups excluding carboxylic acids is 6. The summed E-state index contributed by atoms with van der Waals surface area (Å²) in [5.74, 6) is -6.03. The van der Waals surface area contributed by atoms with Crippen LogP contribution in [0.4, 0.5) is 10.5 Å². The molecule has 0 saturated carbocycles. The summed E-state index contributed by atoms with van der Waals surface area (Å²) in [5, 5.41) is 18.1. The lowest BCUT2D eigenvalue weighted by Crippen LogP contribution is -2.57. The molecule has 7 atom stereocenters. The number of anilines is 1. The number of cyclic esters (lactones) is 2. The Balaban J connectivity index is 1.78. The minimum absolute atomic E-state index is 0.0361. The second kappa shape index (κ2) is 16.2. The molecule has 1 saturated heterocycles. The topological polar surface area (TPSA) is 190 Å². The van der Waals surface area contributed by atoms with Crippen molar-refractivity contribution in [2.24, 2.45) is 11.8 Å². The van der Waals surface area contributed by atoms with Crippen molar-refractivity contribution >= 4 is 41.3 Å². The van der Waals surface area contributed by atoms with Gasteiger partial charge in [-0.1, -0.05) is 50.8 Å². The van der Waals surface area contributed by atoms with Gasteiger partial charge < -0.3 is 34.9 Å². The molecule has 0 aliphatic carbocycles. The van der Waals surface area contributed by atoms with Gasteiger partial charge in [0, 0.05) is 38.0 Å². The lowest BCUT2D eigenvalue weighted by molar-refractivity contribution is -0.206. The molecular weight excluding hydrogens is 660 g/mol. The highest BCUT2D eigenvalue weighted by Crippen LogP contribution is 2.41. The number of esters is 1. The number of aromatic hydroxyl groups is 1. The molecule has 1 fully saturated rings. The number of phenols is 1. The minimum Gasteiger partial charge on any atom is -0.508 e. The largest absolute Gasteiger partial charge is 0.508 e. The molecule has 2 aliphatic heterocycles. The molecule has 0 aromatic heterocycles. The Hall–Kier alpha value is -5.24. The molecule has 14 nitrogen and oxygen atoms in total. The van der Waals surface area contributed by atoms with E-state index in [0.717, 1.165) is 4.90 Å². The van der Waals surface area contributed by atoms with Crippen molar-refractivity contribution in [2.45, 2.75) is 83.4 Å². The quantitative estimate of drug-likeness (QED) is 0.269. The lowest BCUT2D eigenvalue weighted by Gasteiger charge is -2.41. The number of ether oxygens (including phenoxy) is 3. The second-order valence-electron chi connectivity index (χ2n) is 13.3. The monoisotopic (exact) mass is 706 g/mol. The third kappa shape index (κ3) is 9.11. The van der Waals surface area contributed by atoms with Gasteiger partial charge in [-0.3, -0.25) is 29.3 Å². The van der Waals surface area contributed by atoms with Gasteiger partial charge in [-0.15, -0.1) is 0 Å². The summed E-state index contributed by atoms with van der Waals surface area (Å²) in [4.78, 5) is 82.0. The molecule has 4 amide bonds. The van der Waals surface area contributed by atoms with Crippen LogP contribution in [0.2, 0.25) is 0 Å². The molecule has 2 aliphatic rings. The SMILES string of the molecule is C=C1C[C@H](C)C(=O)N[C@@H](C)C(=O)N(C)[C@H](C[C@@]2(OC)OC(=O)Nc3ccccc32)C(=O)N[C@@H](c2ccc(O)cc2)CC(=O)O[C@@H](C)C[C@@H](C)C1=O. The summed E-state index contributed by atoms with van der Waals surface area (Å²) < 4.78 is 17.2. The van der Waals surface area contributed by atoms with Crippen molar-refractivity contribution in [2.75, 3.05) is 19.5 Å². The van der Waals surface area contributed by atoms with Gasteiger partial charge in [0.1, 0.15) is 17.8 Å². The number of amides is 4. The van der Waals surface area contributed by atoms with E-state index in [1.807, 2.05) is 0 Å². The molecule has 2 aromatic carbocycles. The number of nitrogens with one attached hydrogen (secondary N) is 3. The highest BCUT2D eigenvalue weighted by atomic mass is 16.7. The van der Waals surface area contributed by atoms with Crippen LogP contribution in [0.15, 0.2) is 60.7 Å². The first-order valence-electron chi connectivity index (χ1n) is 16.8. The zero-order chi connectivity index (χ0) is 37.6. The fourth-order valence-corrected chi connectivity index (χ4v) is 6.42. The van der Waals surface area contributed by atoms with E-state index in [4.69, 9.17) is 14.2 Å². The number of nitrogens with zero attached hydrogens (tertiary/aromatic N) is 1. The van der Waals surface area contributed by atoms with Crippen LogP contribution in [0.25, 0.3) is 0 Å². The van der Waals surface area contributed by atoms with Gasteiger partial charge in [-0.25, -0.2) is 4.79 Å². The number of carbonyl (C=O) groups is 6. The molecule has 51 heavy (non-hydrogen) atoms. The number of fused-ring (bicyclic) bond motifs is 1. The third-order valence-corrected chi connectivity index (χ3v) is 9.27. The number of methoxy groups -OCH3 is 1. The molecule has 0 spiro atoms. The number of hydrogen-bond acceptors (Lipinski definition) is 10. The van der Waals surface area contributed by atoms with Crippen LogP contribution in [0.5, 0.6) is 5.75 Å². The number of likely N-dealkylation sites (N-methyl/N-ethyl adjacent to an activating group) is 1. The number of allylic oxidation sites excluding steroid dienone is 1. The van der Waals surface area contributed by atoms with Crippen LogP contribution < -0.4 is 16.0 Å². The van der Waals surface area contributed by atoms with Crippen LogP contribution in [0.3, 0.4) is 0 Å². The van der Waals surface area contributed by atoms with Crippen LogP contribution in [-0.4, -0.2) is 77.9 Å². The maximum absolute atomic E-state index is 14.4. The number of benzene rings is 2. The van der Waals surface area contributed by atoms with Gasteiger partial charge >= 0.3 is 12.1 Å². The smallest absolute Gasteiger partial charge is 0.414 e. The van der Waals surface area contributed by atoms with E-state index in [2.05, 4.69) is 22.5 Å². The highest BCUT2D eigenvalue weighted by Gasteiger charge is 2.48. The average Bonchev–Trinajstić information content (AvgIpc) is 3.08. The number of ketones is 1. The molecule has 0 radical (unpaired) electrons. The Morgan fingerprint density at radius 2 is 1.59 bits per heavy atom. The summed E-state index contributed by atoms with van der Waals surface area (Å²) in [6, 6.07) is 9.01. The predicted octanol–water partition coefficient (Wildman–Crippen LogP) is 3.85. The standard InChI is InChI=1S/C37H46N4O10/c1-20-16-22(3)33(45)38-24(5)35(47)41(6)30(19-37(49-7)27-10-8-9-11-28(27)40-36(48)51-37)34(46)39-29(25-12-14-26(42)15-13-25)18-31(43)50-23(4)17-21(2)32(20)44/h8-15,21-24,29-30,42H,1,16-19H2,2-7H3,(H,38,45)(H,39,46)(H,40,48)/t21-,22+,23+,24+,29-,30-,37-/m1/s1. The Morgan fingerprint density at radius 3 is 2.25 bits per heavy atom. The maximum Gasteiger partial charge on any atom is 0.414 e. The van der Waals surface area contributed by atoms with Gasteiger partial charge in [0.05, 0.1) is 24.3 Å². The number of phenolic OH excluding ortho intramolecular Hbond substituents is 1. The number of hydrogen-bond donors (Lipinski definition) is 4. The van der Waals surface area contributed by atoms with E-state index in [1.54, 1.807) is 45.0 Å². The summed E-state index contributed by atoms with van der Waals surface area (Å²) in [6.45, 7) is 10.3. The van der Waals surface area contributed by atoms with Crippen molar-refractivity contribution in [3.63, 3.8) is 0 Å². The fraction of sp³-hybridized carbons (Fsp3) is 0.459. The zero-order valence-corrected chi connectivity index (χ0v) is 29.7. The minimum atomic E-state index is -1.84. The second-order valence-corrected chi connectivity index (χ2v) is 13.3. The van der Waals surface area contributed by atoms with Crippen LogP contribution >= 0.6 is 0 Å². The van der Waals surface area contributed by atoms with E-state index >= 15 is 0 Å². The predicted molar refractivity (Wildman–Crippen MR) is 185 cm³/mol. The van der Waals surface area contributed by atoms with Crippen molar-refractivity contribution in [1.29, 1.82) is 0 Å². The van der Waals surface area contributed by atoms with Crippen LogP contribution in [-0.2, 0) is 44.0 Å². The molecule has 14 heteroatoms. The summed E-state index contributed by atoms with van der Waals surface area (Å²) >= 11 is 0. The molecule has 0 bridgehead atoms. The summed E-state index contributed by atoms with van der Waals surface area (Å²) in [7, 11) is 2.67. The van der Waals surface area contributed by atoms with Gasteiger partial charge in [-0.05, 0) is 56.0 Å². The fourth-order valence-electron chi connectivity index (χ4n) is 6.42. The lowest BCUT2D eigenvalue weighted by atomic mass is 9.90. The van der Waals surface area contributed by atoms with E-state index in [1.165, 1.54) is 45.3 Å². The Bertz CT molecular complexity index is 1680. The molecule has 0 unspecified atom stereocenters. The van der Waals surface area contributed by atoms with Crippen LogP contribution in [0.1, 0.15) is 70.5 Å². The average molecular weight is 707 g/mol. The summed E-state index contributed by atoms with van der Waals surface area (Å²) in [5.41, 5.74) is 1.44. The van der Waals surface area contributed by atoms with E-state index in [9.17, 15) is 33.9 Å². The highest BCUT2D eigenvalue weighted by molar-refractivity contribution is 5.97. The molecule has 4 N–H and O–H groups in total. The van der Waals surface area contributed by atoms with E-state index in [0.29, 0.717) is 16.8 Å². The normalized spacial score (nSPS) is 28.9. The Morgan fingerprint density at radius 1 is 0.922 bits per heavy atom. The first kappa shape index (κ1) is 38.6. The molecular formula is C37H46N4O10. The Kier molecular flexibility index (Phi) is 12.2. The Labute approximate surface area is 296 Å². The van der Waals surface area contributed by atoms with Crippen molar-refractivity contribution in [3.8, 4) is 5.75 Å². The molecule has 2 aromatic rings. The van der Waals surface area contributed by atoms with Gasteiger partial charge in [0.15, 0.2) is 5.78 Å².